The third-order valence-corrected chi connectivity index (χ3v) is 13.0. The molecule has 8 nitrogen and oxygen atoms in total. The molecule has 3 saturated heterocycles. The van der Waals surface area contributed by atoms with Gasteiger partial charge in [-0.1, -0.05) is 35.3 Å². The van der Waals surface area contributed by atoms with Crippen LogP contribution in [0.3, 0.4) is 0 Å². The molecule has 2 aromatic carbocycles. The van der Waals surface area contributed by atoms with Gasteiger partial charge in [0.1, 0.15) is 5.52 Å². The minimum absolute atomic E-state index is 0.0520. The minimum atomic E-state index is -0.477. The number of nitrogens with one attached hydrogen (secondary N) is 1. The summed E-state index contributed by atoms with van der Waals surface area (Å²) in [4.78, 5) is 25.5. The van der Waals surface area contributed by atoms with Crippen LogP contribution in [0, 0.1) is 49.8 Å². The maximum absolute atomic E-state index is 17.2. The molecule has 53 heavy (non-hydrogen) atoms. The molecular weight excluding hydrogens is 710 g/mol. The van der Waals surface area contributed by atoms with E-state index in [9.17, 15) is 10.1 Å². The Morgan fingerprint density at radius 2 is 1.94 bits per heavy atom. The van der Waals surface area contributed by atoms with Crippen LogP contribution in [0.25, 0.3) is 32.9 Å². The molecule has 5 atom stereocenters. The first kappa shape index (κ1) is 34.7. The summed E-state index contributed by atoms with van der Waals surface area (Å²) in [5, 5.41) is 15.6. The molecule has 2 aliphatic carbocycles. The summed E-state index contributed by atoms with van der Waals surface area (Å²) in [6.07, 6.45) is 5.78. The second kappa shape index (κ2) is 13.3. The van der Waals surface area contributed by atoms with E-state index in [1.165, 1.54) is 0 Å². The van der Waals surface area contributed by atoms with Crippen molar-refractivity contribution in [2.75, 3.05) is 13.1 Å². The largest absolute Gasteiger partial charge is 0.372 e. The number of carbonyl (C=O) groups excluding carboxylic acids is 1. The van der Waals surface area contributed by atoms with Gasteiger partial charge in [0.05, 0.1) is 46.4 Å². The molecule has 10 rings (SSSR count). The molecule has 2 saturated carbocycles. The number of aromatic nitrogens is 3. The molecular formula is C42H41Cl2FN6O2. The number of halogens is 3. The number of amides is 1. The Hall–Kier alpha value is -4.07. The third-order valence-electron chi connectivity index (χ3n) is 12.2. The third kappa shape index (κ3) is 5.72. The lowest BCUT2D eigenvalue weighted by Crippen LogP contribution is -2.41. The van der Waals surface area contributed by atoms with E-state index in [1.54, 1.807) is 18.2 Å². The number of hydrogen-bond donors (Lipinski definition) is 1. The van der Waals surface area contributed by atoms with Gasteiger partial charge in [-0.3, -0.25) is 9.78 Å². The van der Waals surface area contributed by atoms with Crippen LogP contribution in [0.15, 0.2) is 42.6 Å². The van der Waals surface area contributed by atoms with Crippen molar-refractivity contribution in [3.63, 3.8) is 0 Å². The molecule has 1 amide bonds. The van der Waals surface area contributed by atoms with Crippen LogP contribution < -0.4 is 5.32 Å². The Morgan fingerprint density at radius 3 is 2.66 bits per heavy atom. The van der Waals surface area contributed by atoms with Gasteiger partial charge < -0.3 is 19.5 Å². The van der Waals surface area contributed by atoms with Crippen molar-refractivity contribution < 1.29 is 13.9 Å². The van der Waals surface area contributed by atoms with Crippen molar-refractivity contribution in [3.8, 4) is 17.2 Å². The quantitative estimate of drug-likeness (QED) is 0.162. The van der Waals surface area contributed by atoms with Gasteiger partial charge in [0.2, 0.25) is 5.91 Å². The molecule has 3 aliphatic heterocycles. The lowest BCUT2D eigenvalue weighted by Gasteiger charge is -2.39. The van der Waals surface area contributed by atoms with Crippen molar-refractivity contribution in [2.45, 2.75) is 90.1 Å². The highest BCUT2D eigenvalue weighted by atomic mass is 35.5. The number of nitrogens with zero attached hydrogens (tertiary/aromatic N) is 5. The summed E-state index contributed by atoms with van der Waals surface area (Å²) in [7, 11) is 0. The lowest BCUT2D eigenvalue weighted by atomic mass is 9.79. The molecule has 2 bridgehead atoms. The van der Waals surface area contributed by atoms with Crippen molar-refractivity contribution in [1.82, 2.24) is 24.8 Å². The molecule has 1 N–H and O–H groups in total. The van der Waals surface area contributed by atoms with Gasteiger partial charge in [0, 0.05) is 88.6 Å². The predicted molar refractivity (Wildman–Crippen MR) is 204 cm³/mol. The van der Waals surface area contributed by atoms with Crippen molar-refractivity contribution >= 4 is 50.9 Å². The Kier molecular flexibility index (Phi) is 8.73. The van der Waals surface area contributed by atoms with Gasteiger partial charge in [0.15, 0.2) is 5.82 Å². The van der Waals surface area contributed by atoms with E-state index in [1.807, 2.05) is 32.2 Å². The summed E-state index contributed by atoms with van der Waals surface area (Å²) in [5.41, 5.74) is 7.62. The summed E-state index contributed by atoms with van der Waals surface area (Å²) < 4.78 is 26.3. The first-order valence-corrected chi connectivity index (χ1v) is 19.4. The van der Waals surface area contributed by atoms with Crippen LogP contribution in [0.2, 0.25) is 10.0 Å². The zero-order chi connectivity index (χ0) is 36.7. The van der Waals surface area contributed by atoms with Crippen LogP contribution in [0.4, 0.5) is 4.39 Å². The van der Waals surface area contributed by atoms with Crippen LogP contribution >= 0.6 is 23.2 Å². The Bertz CT molecular complexity index is 2330. The number of ether oxygens (including phenoxy) is 1. The highest BCUT2D eigenvalue weighted by molar-refractivity contribution is 6.43. The van der Waals surface area contributed by atoms with Gasteiger partial charge in [-0.15, -0.1) is 0 Å². The highest BCUT2D eigenvalue weighted by Crippen LogP contribution is 2.51. The highest BCUT2D eigenvalue weighted by Gasteiger charge is 2.51. The average molecular weight is 752 g/mol. The fourth-order valence-electron chi connectivity index (χ4n) is 9.25. The number of aryl methyl sites for hydroxylation is 4. The number of likely N-dealkylation sites (tertiary alicyclic amines) is 1. The molecule has 5 fully saturated rings. The van der Waals surface area contributed by atoms with Gasteiger partial charge in [0.25, 0.3) is 0 Å². The molecule has 272 valence electrons. The normalized spacial score (nSPS) is 23.6. The van der Waals surface area contributed by atoms with Crippen LogP contribution in [0.5, 0.6) is 0 Å². The summed E-state index contributed by atoms with van der Waals surface area (Å²) in [6.45, 7) is 7.89. The maximum atomic E-state index is 17.2. The van der Waals surface area contributed by atoms with Gasteiger partial charge in [-0.25, -0.2) is 9.37 Å². The first-order chi connectivity index (χ1) is 25.6. The predicted octanol–water partition coefficient (Wildman–Crippen LogP) is 8.88. The van der Waals surface area contributed by atoms with Crippen LogP contribution in [0.1, 0.15) is 78.0 Å². The molecule has 6 heterocycles. The van der Waals surface area contributed by atoms with Crippen molar-refractivity contribution in [2.24, 2.45) is 11.8 Å². The standard InChI is InChI=1S/C42H41Cl2FN6O2/c1-21-11-13-47-22(2)31(21)20-53-27-16-34(50(19-27)42(52)24-9-10-24)35-17-29-23(3)49-39-30(41(29)51(35)40-26-15-33(40)48-18-26)14-25(6-5-12-46)36(38(39)45)28-7-4-8-32(43)37(28)44/h4,7-8,11,13-14,17,24,26-27,33-34,40,48H,5-6,9-10,15-16,18-20H2,1-3H3/t26-,27+,33-,34-,40+/m1/s1. The second-order valence-corrected chi connectivity index (χ2v) is 16.2. The lowest BCUT2D eigenvalue weighted by molar-refractivity contribution is -0.134. The smallest absolute Gasteiger partial charge is 0.226 e. The fourth-order valence-corrected chi connectivity index (χ4v) is 9.64. The topological polar surface area (TPSA) is 96.1 Å². The van der Waals surface area contributed by atoms with Gasteiger partial charge in [-0.05, 0) is 87.8 Å². The molecule has 11 heteroatoms. The molecule has 0 radical (unpaired) electrons. The summed E-state index contributed by atoms with van der Waals surface area (Å²) >= 11 is 13.1. The number of hydrogen-bond acceptors (Lipinski definition) is 6. The minimum Gasteiger partial charge on any atom is -0.372 e. The van der Waals surface area contributed by atoms with E-state index in [4.69, 9.17) is 32.9 Å². The second-order valence-electron chi connectivity index (χ2n) is 15.4. The SMILES string of the molecule is Cc1ccnc(C)c1CO[C@H]1C[C@H](c2cc3c(C)nc4c(F)c(-c5cccc(Cl)c5Cl)c(CCC#N)cc4c3n2[C@H]2[C@H]3CN[C@@H]2C3)N(C(=O)C2CC2)C1. The number of carbonyl (C=O) groups is 1. The van der Waals surface area contributed by atoms with Gasteiger partial charge in [-0.2, -0.15) is 5.26 Å². The Morgan fingerprint density at radius 1 is 1.11 bits per heavy atom. The molecule has 3 aromatic heterocycles. The van der Waals surface area contributed by atoms with Crippen LogP contribution in [-0.2, 0) is 22.6 Å². The van der Waals surface area contributed by atoms with Gasteiger partial charge >= 0.3 is 0 Å². The molecule has 5 aliphatic rings. The maximum Gasteiger partial charge on any atom is 0.226 e. The van der Waals surface area contributed by atoms with E-state index >= 15 is 4.39 Å². The van der Waals surface area contributed by atoms with E-state index < -0.39 is 5.82 Å². The Balaban J connectivity index is 1.22. The summed E-state index contributed by atoms with van der Waals surface area (Å²) in [5.74, 6) is 0.183. The summed E-state index contributed by atoms with van der Waals surface area (Å²) in [6, 6.07) is 13.9. The number of pyridine rings is 2. The number of benzene rings is 2. The van der Waals surface area contributed by atoms with E-state index in [0.717, 1.165) is 59.2 Å². The monoisotopic (exact) mass is 750 g/mol. The number of rotatable bonds is 9. The Labute approximate surface area is 318 Å². The molecule has 0 unspecified atom stereocenters. The average Bonchev–Trinajstić information content (AvgIpc) is 3.43. The number of nitriles is 1. The molecule has 5 aromatic rings. The van der Waals surface area contributed by atoms with Crippen molar-refractivity contribution in [1.29, 1.82) is 5.26 Å². The molecule has 0 spiro atoms. The van der Waals surface area contributed by atoms with E-state index in [-0.39, 0.29) is 53.0 Å². The van der Waals surface area contributed by atoms with Crippen LogP contribution in [-0.4, -0.2) is 50.6 Å². The van der Waals surface area contributed by atoms with E-state index in [2.05, 4.69) is 38.8 Å². The van der Waals surface area contributed by atoms with Crippen molar-refractivity contribution in [3.05, 3.63) is 92.2 Å². The zero-order valence-corrected chi connectivity index (χ0v) is 31.6. The zero-order valence-electron chi connectivity index (χ0n) is 30.1. The first-order valence-electron chi connectivity index (χ1n) is 18.7. The van der Waals surface area contributed by atoms with E-state index in [0.29, 0.717) is 64.7 Å². The fraction of sp³-hybridized carbons (Fsp3) is 0.429. The number of fused-ring (bicyclic) bond motifs is 4.